The van der Waals surface area contributed by atoms with E-state index >= 15 is 0 Å². The van der Waals surface area contributed by atoms with E-state index in [0.717, 1.165) is 0 Å². The van der Waals surface area contributed by atoms with Crippen LogP contribution in [0, 0.1) is 0 Å². The molecular weight excluding hydrogens is 520 g/mol. The highest BCUT2D eigenvalue weighted by Gasteiger charge is 2.18. The van der Waals surface area contributed by atoms with Crippen LogP contribution in [-0.2, 0) is 12.8 Å². The minimum Gasteiger partial charge on any atom is -0.456 e. The first kappa shape index (κ1) is 9.96. The topological polar surface area (TPSA) is 13.1 Å². The van der Waals surface area contributed by atoms with Crippen LogP contribution in [0.3, 0.4) is 0 Å². The van der Waals surface area contributed by atoms with Crippen molar-refractivity contribution in [2.45, 2.75) is 25.6 Å². The van der Waals surface area contributed by atoms with Crippen molar-refractivity contribution in [1.29, 1.82) is 0 Å². The van der Waals surface area contributed by atoms with E-state index in [4.69, 9.17) is 25.0 Å². The molecule has 1 aliphatic carbocycles. The zero-order chi connectivity index (χ0) is 51.0. The molecule has 0 saturated heterocycles. The van der Waals surface area contributed by atoms with Crippen LogP contribution in [0.1, 0.15) is 59.6 Å². The monoisotopic (exact) mass is 576 g/mol. The normalized spacial score (nSPS) is 28.6. The van der Waals surface area contributed by atoms with Crippen LogP contribution in [0.5, 0.6) is 0 Å². The lowest BCUT2D eigenvalue weighted by Crippen LogP contribution is -2.02. The van der Waals surface area contributed by atoms with Crippen LogP contribution in [-0.4, -0.2) is 0 Å². The zero-order valence-corrected chi connectivity index (χ0v) is 21.7. The van der Waals surface area contributed by atoms with E-state index in [0.29, 0.717) is 0 Å². The van der Waals surface area contributed by atoms with Gasteiger partial charge in [0.2, 0.25) is 0 Å². The second-order valence-electron chi connectivity index (χ2n) is 9.56. The minimum atomic E-state index is -1.69. The molecule has 0 bridgehead atoms. The van der Waals surface area contributed by atoms with E-state index in [9.17, 15) is 15.1 Å². The highest BCUT2D eigenvalue weighted by molar-refractivity contribution is 6.22. The Morgan fingerprint density at radius 2 is 0.930 bits per heavy atom. The highest BCUT2D eigenvalue weighted by atomic mass is 16.3. The van der Waals surface area contributed by atoms with Crippen LogP contribution in [0.15, 0.2) is 137 Å². The van der Waals surface area contributed by atoms with Crippen LogP contribution >= 0.6 is 0 Å². The summed E-state index contributed by atoms with van der Waals surface area (Å²) in [5, 5.41) is -3.54. The van der Waals surface area contributed by atoms with E-state index in [1.807, 2.05) is 0 Å². The van der Waals surface area contributed by atoms with Gasteiger partial charge in [0.05, 0.1) is 30.2 Å². The first-order valence-corrected chi connectivity index (χ1v) is 13.0. The third-order valence-corrected chi connectivity index (χ3v) is 7.14. The molecule has 0 aliphatic heterocycles. The molecule has 4 unspecified atom stereocenters. The standard InChI is InChI=1S/C42H30O/c1-2-10-30-25-31(22-19-27(30)9-1)28-17-20-29(21-18-28)41-35-12-3-5-14-37(35)42(38-15-6-4-13-36(38)41)32-23-24-34-33-11-7-8-16-39(33)43-40(34)26-32/h3-8,11-26H,1-2,9-10H2/i1D,2D,3D,4D,5D,6D,7D,8D,9D,10D,11D,12D,13D,14D,15D,16D,17D,18D,19D,20D,21D,22D,23D,24D,25D,26D. The Labute approximate surface area is 287 Å². The molecule has 8 aromatic rings. The number of benzene rings is 7. The Bertz CT molecular complexity index is 3620. The van der Waals surface area contributed by atoms with E-state index in [-0.39, 0.29) is 10.9 Å². The van der Waals surface area contributed by atoms with Crippen molar-refractivity contribution in [3.63, 3.8) is 0 Å². The van der Waals surface area contributed by atoms with Crippen molar-refractivity contribution in [3.8, 4) is 33.4 Å². The Balaban J connectivity index is 1.50. The van der Waals surface area contributed by atoms with Gasteiger partial charge in [-0.2, -0.15) is 0 Å². The second-order valence-corrected chi connectivity index (χ2v) is 9.56. The molecule has 9 rings (SSSR count). The fraction of sp³-hybridized carbons (Fsp3) is 0.0952. The molecule has 204 valence electrons. The van der Waals surface area contributed by atoms with Crippen molar-refractivity contribution in [3.05, 3.63) is 144 Å². The summed E-state index contributed by atoms with van der Waals surface area (Å²) in [7, 11) is 0. The number of fused-ring (bicyclic) bond motifs is 6. The maximum Gasteiger partial charge on any atom is 0.136 e. The SMILES string of the molecule is [2H]c1c([2H])c(-c2c3c([2H])c([2H])c([2H])c([2H])c3c(-c3c([2H])c([2H])c4c(oc5c([2H])c([2H])c([2H])c([2H])c54)c3[2H])c3c([2H])c([2H])c([2H])c([2H])c23)c([2H])c([2H])c1-c1c([2H])c([2H])c2c(c1[2H])C([2H])C([2H])C([2H])C2[2H]. The Morgan fingerprint density at radius 1 is 0.419 bits per heavy atom. The van der Waals surface area contributed by atoms with Crippen LogP contribution in [0.4, 0.5) is 0 Å². The van der Waals surface area contributed by atoms with E-state index in [1.165, 1.54) is 0 Å². The quantitative estimate of drug-likeness (QED) is 0.191. The molecule has 0 saturated carbocycles. The average molecular weight is 577 g/mol. The third-order valence-electron chi connectivity index (χ3n) is 7.14. The van der Waals surface area contributed by atoms with Gasteiger partial charge in [-0.05, 0) is 110 Å². The molecule has 1 aromatic heterocycles. The molecular formula is C42H30O. The predicted molar refractivity (Wildman–Crippen MR) is 182 cm³/mol. The van der Waals surface area contributed by atoms with Gasteiger partial charge in [0, 0.05) is 16.3 Å². The molecule has 7 aromatic carbocycles. The molecule has 0 N–H and O–H groups in total. The van der Waals surface area contributed by atoms with E-state index in [2.05, 4.69) is 0 Å². The van der Waals surface area contributed by atoms with Gasteiger partial charge in [0.1, 0.15) is 11.2 Å². The first-order chi connectivity index (χ1) is 32.2. The molecule has 43 heavy (non-hydrogen) atoms. The van der Waals surface area contributed by atoms with Crippen LogP contribution in [0.2, 0.25) is 0 Å². The van der Waals surface area contributed by atoms with E-state index in [1.54, 1.807) is 0 Å². The Kier molecular flexibility index (Phi) is 2.25. The third kappa shape index (κ3) is 3.92. The molecule has 1 heteroatoms. The summed E-state index contributed by atoms with van der Waals surface area (Å²) in [6.45, 7) is 0. The molecule has 1 nitrogen and oxygen atoms in total. The number of para-hydroxylation sites is 1. The smallest absolute Gasteiger partial charge is 0.136 e. The fourth-order valence-corrected chi connectivity index (χ4v) is 5.23. The maximum absolute atomic E-state index is 9.49. The van der Waals surface area contributed by atoms with Crippen molar-refractivity contribution in [2.75, 3.05) is 0 Å². The maximum atomic E-state index is 9.49. The van der Waals surface area contributed by atoms with Crippen LogP contribution < -0.4 is 0 Å². The second kappa shape index (κ2) is 9.71. The van der Waals surface area contributed by atoms with Crippen molar-refractivity contribution in [1.82, 2.24) is 0 Å². The number of hydrogen-bond donors (Lipinski definition) is 0. The van der Waals surface area contributed by atoms with Crippen molar-refractivity contribution < 1.29 is 40.1 Å². The lowest BCUT2D eigenvalue weighted by molar-refractivity contribution is 0.669. The summed E-state index contributed by atoms with van der Waals surface area (Å²) >= 11 is 0. The Hall–Kier alpha value is -5.14. The zero-order valence-electron chi connectivity index (χ0n) is 47.7. The predicted octanol–water partition coefficient (Wildman–Crippen LogP) is 11.8. The van der Waals surface area contributed by atoms with Gasteiger partial charge < -0.3 is 4.42 Å². The summed E-state index contributed by atoms with van der Waals surface area (Å²) in [6, 6.07) is -19.6. The van der Waals surface area contributed by atoms with Gasteiger partial charge in [-0.3, -0.25) is 0 Å². The number of rotatable bonds is 3. The molecule has 0 radical (unpaired) electrons. The molecule has 4 atom stereocenters. The molecule has 0 spiro atoms. The molecule has 1 heterocycles. The van der Waals surface area contributed by atoms with Crippen molar-refractivity contribution >= 4 is 43.5 Å². The molecule has 0 amide bonds. The van der Waals surface area contributed by atoms with Gasteiger partial charge in [-0.25, -0.2) is 0 Å². The minimum absolute atomic E-state index is 0.347. The molecule has 0 fully saturated rings. The van der Waals surface area contributed by atoms with Gasteiger partial charge in [-0.1, -0.05) is 115 Å². The summed E-state index contributed by atoms with van der Waals surface area (Å²) in [5.74, 6) is 0. The summed E-state index contributed by atoms with van der Waals surface area (Å²) in [5.41, 5.74) is -6.20. The first-order valence-electron chi connectivity index (χ1n) is 26.3. The lowest BCUT2D eigenvalue weighted by Gasteiger charge is -2.18. The van der Waals surface area contributed by atoms with E-state index < -0.39 is 236 Å². The lowest BCUT2D eigenvalue weighted by atomic mass is 9.85. The summed E-state index contributed by atoms with van der Waals surface area (Å²) in [4.78, 5) is 0. The van der Waals surface area contributed by atoms with Gasteiger partial charge in [0.25, 0.3) is 0 Å². The number of furan rings is 1. The largest absolute Gasteiger partial charge is 0.456 e. The summed E-state index contributed by atoms with van der Waals surface area (Å²) in [6.07, 6.45) is -6.44. The van der Waals surface area contributed by atoms with Gasteiger partial charge >= 0.3 is 0 Å². The highest BCUT2D eigenvalue weighted by Crippen LogP contribution is 2.45. The summed E-state index contributed by atoms with van der Waals surface area (Å²) < 4.78 is 238. The number of hydrogen-bond acceptors (Lipinski definition) is 1. The molecule has 1 aliphatic rings. The van der Waals surface area contributed by atoms with Crippen molar-refractivity contribution in [2.24, 2.45) is 0 Å². The average Bonchev–Trinajstić information content (AvgIpc) is 3.73. The van der Waals surface area contributed by atoms with Gasteiger partial charge in [-0.15, -0.1) is 0 Å². The van der Waals surface area contributed by atoms with Gasteiger partial charge in [0.15, 0.2) is 0 Å². The Morgan fingerprint density at radius 3 is 1.63 bits per heavy atom. The fourth-order valence-electron chi connectivity index (χ4n) is 5.23. The van der Waals surface area contributed by atoms with Crippen LogP contribution in [0.25, 0.3) is 76.9 Å².